The first kappa shape index (κ1) is 23.0. The Morgan fingerprint density at radius 3 is 2.10 bits per heavy atom. The van der Waals surface area contributed by atoms with Crippen molar-refractivity contribution in [3.8, 4) is 0 Å². The Morgan fingerprint density at radius 1 is 0.839 bits per heavy atom. The lowest BCUT2D eigenvalue weighted by molar-refractivity contribution is -0.130. The van der Waals surface area contributed by atoms with E-state index in [0.717, 1.165) is 11.1 Å². The fourth-order valence-electron chi connectivity index (χ4n) is 3.68. The van der Waals surface area contributed by atoms with Crippen LogP contribution in [0.5, 0.6) is 0 Å². The highest BCUT2D eigenvalue weighted by molar-refractivity contribution is 7.89. The number of aryl methyl sites for hydroxylation is 1. The van der Waals surface area contributed by atoms with Crippen LogP contribution in [0, 0.1) is 0 Å². The average Bonchev–Trinajstić information content (AvgIpc) is 2.78. The molecular weight excluding hydrogens is 408 g/mol. The second kappa shape index (κ2) is 10.1. The molecule has 3 aromatic carbocycles. The third kappa shape index (κ3) is 5.51. The molecule has 6 heteroatoms. The minimum atomic E-state index is -3.45. The molecule has 0 aliphatic heterocycles. The Labute approximate surface area is 185 Å². The summed E-state index contributed by atoms with van der Waals surface area (Å²) in [5.74, 6) is 0.0630. The summed E-state index contributed by atoms with van der Waals surface area (Å²) in [6.45, 7) is 5.10. The van der Waals surface area contributed by atoms with Crippen LogP contribution in [0.15, 0.2) is 71.6 Å². The minimum absolute atomic E-state index is 0.0630. The highest BCUT2D eigenvalue weighted by Crippen LogP contribution is 2.18. The van der Waals surface area contributed by atoms with Crippen molar-refractivity contribution in [2.24, 2.45) is 0 Å². The van der Waals surface area contributed by atoms with Gasteiger partial charge in [0.25, 0.3) is 0 Å². The molecule has 0 N–H and O–H groups in total. The average molecular weight is 439 g/mol. The van der Waals surface area contributed by atoms with Crippen molar-refractivity contribution in [1.29, 1.82) is 0 Å². The van der Waals surface area contributed by atoms with Crippen LogP contribution >= 0.6 is 0 Å². The molecule has 0 radical (unpaired) electrons. The maximum Gasteiger partial charge on any atom is 0.243 e. The van der Waals surface area contributed by atoms with Crippen molar-refractivity contribution in [3.63, 3.8) is 0 Å². The highest BCUT2D eigenvalue weighted by Gasteiger charge is 2.21. The maximum absolute atomic E-state index is 12.6. The van der Waals surface area contributed by atoms with Gasteiger partial charge in [-0.2, -0.15) is 4.31 Å². The molecule has 0 heterocycles. The van der Waals surface area contributed by atoms with Gasteiger partial charge in [-0.1, -0.05) is 62.4 Å². The molecule has 3 rings (SSSR count). The van der Waals surface area contributed by atoms with Crippen LogP contribution in [0.1, 0.15) is 31.4 Å². The largest absolute Gasteiger partial charge is 0.341 e. The Balaban J connectivity index is 1.58. The molecule has 0 aliphatic rings. The normalized spacial score (nSPS) is 11.7. The van der Waals surface area contributed by atoms with Gasteiger partial charge in [-0.25, -0.2) is 8.42 Å². The molecule has 0 saturated heterocycles. The van der Waals surface area contributed by atoms with Crippen LogP contribution in [0.3, 0.4) is 0 Å². The topological polar surface area (TPSA) is 57.7 Å². The number of benzene rings is 3. The molecular formula is C25H30N2O3S. The molecule has 0 unspecified atom stereocenters. The molecule has 0 saturated carbocycles. The van der Waals surface area contributed by atoms with Gasteiger partial charge < -0.3 is 4.90 Å². The number of hydrogen-bond acceptors (Lipinski definition) is 3. The van der Waals surface area contributed by atoms with Gasteiger partial charge in [0.2, 0.25) is 15.9 Å². The highest BCUT2D eigenvalue weighted by atomic mass is 32.2. The molecule has 0 aromatic heterocycles. The van der Waals surface area contributed by atoms with Gasteiger partial charge in [0.05, 0.1) is 4.90 Å². The van der Waals surface area contributed by atoms with Gasteiger partial charge in [0, 0.05) is 33.1 Å². The van der Waals surface area contributed by atoms with E-state index in [9.17, 15) is 13.2 Å². The van der Waals surface area contributed by atoms with E-state index in [1.54, 1.807) is 29.2 Å². The number of carbonyl (C=O) groups excluding carboxylic acids is 1. The van der Waals surface area contributed by atoms with Crippen LogP contribution in [-0.2, 0) is 27.8 Å². The predicted octanol–water partition coefficient (Wildman–Crippen LogP) is 4.46. The van der Waals surface area contributed by atoms with E-state index >= 15 is 0 Å². The van der Waals surface area contributed by atoms with Gasteiger partial charge in [-0.15, -0.1) is 0 Å². The van der Waals surface area contributed by atoms with Gasteiger partial charge in [0.15, 0.2) is 0 Å². The lowest BCUT2D eigenvalue weighted by Gasteiger charge is -2.19. The second-order valence-corrected chi connectivity index (χ2v) is 9.60. The Morgan fingerprint density at radius 2 is 1.45 bits per heavy atom. The van der Waals surface area contributed by atoms with Crippen molar-refractivity contribution in [2.75, 3.05) is 20.1 Å². The molecule has 31 heavy (non-hydrogen) atoms. The van der Waals surface area contributed by atoms with E-state index in [1.807, 2.05) is 33.0 Å². The van der Waals surface area contributed by atoms with Gasteiger partial charge in [0.1, 0.15) is 0 Å². The molecule has 0 bridgehead atoms. The number of nitrogens with zero attached hydrogens (tertiary/aromatic N) is 2. The number of hydrogen-bond donors (Lipinski definition) is 0. The van der Waals surface area contributed by atoms with Crippen molar-refractivity contribution in [2.45, 2.75) is 38.1 Å². The zero-order chi connectivity index (χ0) is 22.4. The lowest BCUT2D eigenvalue weighted by atomic mass is 10.1. The molecule has 164 valence electrons. The minimum Gasteiger partial charge on any atom is -0.341 e. The first-order valence-electron chi connectivity index (χ1n) is 10.7. The van der Waals surface area contributed by atoms with Crippen LogP contribution in [-0.4, -0.2) is 43.7 Å². The van der Waals surface area contributed by atoms with Gasteiger partial charge in [-0.05, 0) is 46.5 Å². The van der Waals surface area contributed by atoms with Crippen molar-refractivity contribution in [3.05, 3.63) is 77.9 Å². The molecule has 1 amide bonds. The van der Waals surface area contributed by atoms with Crippen LogP contribution < -0.4 is 0 Å². The third-order valence-electron chi connectivity index (χ3n) is 5.55. The standard InChI is InChI=1S/C25H30N2O3S/c1-4-27(5-2)31(29,30)24-15-11-20(12-16-24)13-17-25(28)26(3)19-21-10-14-22-8-6-7-9-23(22)18-21/h6-12,14-16,18H,4-5,13,17,19H2,1-3H3. The lowest BCUT2D eigenvalue weighted by Crippen LogP contribution is -2.30. The summed E-state index contributed by atoms with van der Waals surface area (Å²) < 4.78 is 26.6. The Hall–Kier alpha value is -2.70. The van der Waals surface area contributed by atoms with Crippen molar-refractivity contribution in [1.82, 2.24) is 9.21 Å². The van der Waals surface area contributed by atoms with Crippen LogP contribution in [0.25, 0.3) is 10.8 Å². The summed E-state index contributed by atoms with van der Waals surface area (Å²) >= 11 is 0. The Kier molecular flexibility index (Phi) is 7.46. The quantitative estimate of drug-likeness (QED) is 0.496. The molecule has 5 nitrogen and oxygen atoms in total. The smallest absolute Gasteiger partial charge is 0.243 e. The van der Waals surface area contributed by atoms with Crippen molar-refractivity contribution < 1.29 is 13.2 Å². The number of carbonyl (C=O) groups is 1. The maximum atomic E-state index is 12.6. The molecule has 0 aliphatic carbocycles. The summed E-state index contributed by atoms with van der Waals surface area (Å²) in [5, 5.41) is 2.35. The summed E-state index contributed by atoms with van der Waals surface area (Å²) in [5.41, 5.74) is 2.05. The van der Waals surface area contributed by atoms with E-state index in [1.165, 1.54) is 15.1 Å². The summed E-state index contributed by atoms with van der Waals surface area (Å²) in [6.07, 6.45) is 0.957. The van der Waals surface area contributed by atoms with E-state index in [4.69, 9.17) is 0 Å². The summed E-state index contributed by atoms with van der Waals surface area (Å²) in [6, 6.07) is 21.3. The SMILES string of the molecule is CCN(CC)S(=O)(=O)c1ccc(CCC(=O)N(C)Cc2ccc3ccccc3c2)cc1. The first-order chi connectivity index (χ1) is 14.8. The van der Waals surface area contributed by atoms with E-state index in [-0.39, 0.29) is 5.91 Å². The van der Waals surface area contributed by atoms with Crippen LogP contribution in [0.2, 0.25) is 0 Å². The van der Waals surface area contributed by atoms with E-state index in [2.05, 4.69) is 30.3 Å². The summed E-state index contributed by atoms with van der Waals surface area (Å²) in [7, 11) is -1.64. The number of sulfonamides is 1. The monoisotopic (exact) mass is 438 g/mol. The summed E-state index contributed by atoms with van der Waals surface area (Å²) in [4.78, 5) is 14.6. The molecule has 0 fully saturated rings. The molecule has 0 spiro atoms. The van der Waals surface area contributed by atoms with E-state index < -0.39 is 10.0 Å². The zero-order valence-corrected chi connectivity index (χ0v) is 19.2. The fraction of sp³-hybridized carbons (Fsp3) is 0.320. The predicted molar refractivity (Wildman–Crippen MR) is 125 cm³/mol. The van der Waals surface area contributed by atoms with Gasteiger partial charge >= 0.3 is 0 Å². The third-order valence-corrected chi connectivity index (χ3v) is 7.62. The molecule has 0 atom stereocenters. The number of fused-ring (bicyclic) bond motifs is 1. The second-order valence-electron chi connectivity index (χ2n) is 7.66. The zero-order valence-electron chi connectivity index (χ0n) is 18.4. The number of amides is 1. The van der Waals surface area contributed by atoms with Crippen molar-refractivity contribution >= 4 is 26.7 Å². The number of rotatable bonds is 9. The van der Waals surface area contributed by atoms with Crippen LogP contribution in [0.4, 0.5) is 0 Å². The molecule has 3 aromatic rings. The fourth-order valence-corrected chi connectivity index (χ4v) is 5.14. The van der Waals surface area contributed by atoms with Gasteiger partial charge in [-0.3, -0.25) is 4.79 Å². The first-order valence-corrected chi connectivity index (χ1v) is 12.1. The Bertz CT molecular complexity index is 1140. The van der Waals surface area contributed by atoms with E-state index in [0.29, 0.717) is 37.4 Å².